The molecule has 0 rings (SSSR count). The van der Waals surface area contributed by atoms with Crippen molar-refractivity contribution in [1.29, 1.82) is 0 Å². The largest absolute Gasteiger partial charge is 0.368 e. The lowest BCUT2D eigenvalue weighted by atomic mass is 10.4. The van der Waals surface area contributed by atoms with Gasteiger partial charge in [-0.1, -0.05) is 6.08 Å². The number of hydrogen-bond acceptors (Lipinski definition) is 3. The lowest BCUT2D eigenvalue weighted by Gasteiger charge is -2.12. The maximum Gasteiger partial charge on any atom is 0.246 e. The second-order valence-corrected chi connectivity index (χ2v) is 3.33. The first-order valence-electron chi connectivity index (χ1n) is 4.28. The van der Waals surface area contributed by atoms with Crippen LogP contribution in [0.25, 0.3) is 0 Å². The van der Waals surface area contributed by atoms with E-state index in [9.17, 15) is 9.59 Å². The van der Waals surface area contributed by atoms with E-state index in [1.807, 2.05) is 19.0 Å². The van der Waals surface area contributed by atoms with Gasteiger partial charge in [0, 0.05) is 19.7 Å². The van der Waals surface area contributed by atoms with Gasteiger partial charge in [-0.25, -0.2) is 0 Å². The number of nitrogens with two attached hydrogens (primary N) is 1. The van der Waals surface area contributed by atoms with Crippen LogP contribution in [0.3, 0.4) is 0 Å². The molecule has 14 heavy (non-hydrogen) atoms. The van der Waals surface area contributed by atoms with Crippen LogP contribution < -0.4 is 5.73 Å². The Balaban J connectivity index is 3.94. The molecule has 2 N–H and O–H groups in total. The zero-order valence-electron chi connectivity index (χ0n) is 8.86. The maximum absolute atomic E-state index is 11.3. The van der Waals surface area contributed by atoms with E-state index in [1.165, 1.54) is 18.0 Å². The summed E-state index contributed by atoms with van der Waals surface area (Å²) in [6, 6.07) is 0. The number of carbonyl (C=O) groups is 2. The number of primary amides is 1. The molecule has 0 fully saturated rings. The smallest absolute Gasteiger partial charge is 0.246 e. The molecule has 0 aromatic rings. The SMILES string of the molecule is CN(C)C/C=C/C(=O)N(C)CC(N)=O. The summed E-state index contributed by atoms with van der Waals surface area (Å²) in [6.07, 6.45) is 3.17. The molecular weight excluding hydrogens is 182 g/mol. The highest BCUT2D eigenvalue weighted by Gasteiger charge is 2.06. The summed E-state index contributed by atoms with van der Waals surface area (Å²) >= 11 is 0. The van der Waals surface area contributed by atoms with Gasteiger partial charge in [-0.15, -0.1) is 0 Å². The van der Waals surface area contributed by atoms with Gasteiger partial charge in [0.25, 0.3) is 0 Å². The monoisotopic (exact) mass is 199 g/mol. The number of carbonyl (C=O) groups excluding carboxylic acids is 2. The molecule has 0 aromatic carbocycles. The van der Waals surface area contributed by atoms with Crippen LogP contribution in [-0.4, -0.2) is 55.8 Å². The lowest BCUT2D eigenvalue weighted by molar-refractivity contribution is -0.129. The fourth-order valence-corrected chi connectivity index (χ4v) is 0.803. The predicted octanol–water partition coefficient (Wildman–Crippen LogP) is -0.952. The van der Waals surface area contributed by atoms with Gasteiger partial charge >= 0.3 is 0 Å². The molecular formula is C9H17N3O2. The maximum atomic E-state index is 11.3. The summed E-state index contributed by atoms with van der Waals surface area (Å²) in [5.74, 6) is -0.729. The molecule has 80 valence electrons. The zero-order valence-corrected chi connectivity index (χ0v) is 8.86. The van der Waals surface area contributed by atoms with E-state index < -0.39 is 5.91 Å². The van der Waals surface area contributed by atoms with Gasteiger partial charge < -0.3 is 15.5 Å². The van der Waals surface area contributed by atoms with E-state index in [0.717, 1.165) is 0 Å². The standard InChI is InChI=1S/C9H17N3O2/c1-11(2)6-4-5-9(14)12(3)7-8(10)13/h4-5H,6-7H2,1-3H3,(H2,10,13)/b5-4+. The molecule has 0 aromatic heterocycles. The Bertz CT molecular complexity index is 236. The Morgan fingerprint density at radius 3 is 2.29 bits per heavy atom. The van der Waals surface area contributed by atoms with E-state index in [1.54, 1.807) is 6.08 Å². The van der Waals surface area contributed by atoms with E-state index in [4.69, 9.17) is 5.73 Å². The first kappa shape index (κ1) is 12.6. The average molecular weight is 199 g/mol. The Morgan fingerprint density at radius 2 is 1.86 bits per heavy atom. The van der Waals surface area contributed by atoms with E-state index in [0.29, 0.717) is 6.54 Å². The van der Waals surface area contributed by atoms with Gasteiger partial charge in [0.05, 0.1) is 6.54 Å². The third kappa shape index (κ3) is 6.19. The molecule has 0 saturated heterocycles. The molecule has 0 aliphatic rings. The van der Waals surface area contributed by atoms with E-state index in [2.05, 4.69) is 0 Å². The van der Waals surface area contributed by atoms with Crippen LogP contribution in [0.2, 0.25) is 0 Å². The molecule has 0 bridgehead atoms. The van der Waals surface area contributed by atoms with Crippen LogP contribution in [0.1, 0.15) is 0 Å². The summed E-state index contributed by atoms with van der Waals surface area (Å²) in [4.78, 5) is 25.0. The Hall–Kier alpha value is -1.36. The van der Waals surface area contributed by atoms with Gasteiger partial charge in [0.1, 0.15) is 0 Å². The molecule has 5 heteroatoms. The molecule has 0 aliphatic heterocycles. The minimum Gasteiger partial charge on any atom is -0.368 e. The normalized spacial score (nSPS) is 10.9. The fraction of sp³-hybridized carbons (Fsp3) is 0.556. The van der Waals surface area contributed by atoms with Crippen molar-refractivity contribution in [1.82, 2.24) is 9.80 Å². The van der Waals surface area contributed by atoms with Crippen LogP contribution in [-0.2, 0) is 9.59 Å². The van der Waals surface area contributed by atoms with Crippen LogP contribution >= 0.6 is 0 Å². The number of hydrogen-bond donors (Lipinski definition) is 1. The van der Waals surface area contributed by atoms with Gasteiger partial charge in [0.15, 0.2) is 0 Å². The third-order valence-corrected chi connectivity index (χ3v) is 1.50. The van der Waals surface area contributed by atoms with Crippen molar-refractivity contribution in [3.8, 4) is 0 Å². The molecule has 0 atom stereocenters. The highest BCUT2D eigenvalue weighted by molar-refractivity contribution is 5.90. The van der Waals surface area contributed by atoms with Crippen LogP contribution in [0, 0.1) is 0 Å². The molecule has 5 nitrogen and oxygen atoms in total. The summed E-state index contributed by atoms with van der Waals surface area (Å²) in [7, 11) is 5.34. The van der Waals surface area contributed by atoms with Crippen LogP contribution in [0.4, 0.5) is 0 Å². The molecule has 2 amide bonds. The lowest BCUT2D eigenvalue weighted by Crippen LogP contribution is -2.34. The van der Waals surface area contributed by atoms with Crippen LogP contribution in [0.15, 0.2) is 12.2 Å². The topological polar surface area (TPSA) is 66.6 Å². The number of amides is 2. The Morgan fingerprint density at radius 1 is 1.29 bits per heavy atom. The highest BCUT2D eigenvalue weighted by atomic mass is 16.2. The number of likely N-dealkylation sites (N-methyl/N-ethyl adjacent to an activating group) is 2. The third-order valence-electron chi connectivity index (χ3n) is 1.50. The van der Waals surface area contributed by atoms with Crippen molar-refractivity contribution in [3.63, 3.8) is 0 Å². The van der Waals surface area contributed by atoms with Crippen molar-refractivity contribution in [2.45, 2.75) is 0 Å². The summed E-state index contributed by atoms with van der Waals surface area (Å²) in [5, 5.41) is 0. The zero-order chi connectivity index (χ0) is 11.1. The first-order chi connectivity index (χ1) is 6.43. The van der Waals surface area contributed by atoms with Gasteiger partial charge in [0.2, 0.25) is 11.8 Å². The summed E-state index contributed by atoms with van der Waals surface area (Å²) in [6.45, 7) is 0.640. The first-order valence-corrected chi connectivity index (χ1v) is 4.28. The second-order valence-electron chi connectivity index (χ2n) is 3.33. The Kier molecular flexibility index (Phi) is 5.55. The quantitative estimate of drug-likeness (QED) is 0.580. The van der Waals surface area contributed by atoms with Crippen LogP contribution in [0.5, 0.6) is 0 Å². The fourth-order valence-electron chi connectivity index (χ4n) is 0.803. The molecule has 0 heterocycles. The molecule has 0 saturated carbocycles. The van der Waals surface area contributed by atoms with Crippen molar-refractivity contribution < 1.29 is 9.59 Å². The summed E-state index contributed by atoms with van der Waals surface area (Å²) < 4.78 is 0. The summed E-state index contributed by atoms with van der Waals surface area (Å²) in [5.41, 5.74) is 4.94. The van der Waals surface area contributed by atoms with E-state index in [-0.39, 0.29) is 12.5 Å². The van der Waals surface area contributed by atoms with Crippen molar-refractivity contribution >= 4 is 11.8 Å². The Labute approximate surface area is 84.2 Å². The molecule has 0 unspecified atom stereocenters. The molecule has 0 spiro atoms. The number of nitrogens with zero attached hydrogens (tertiary/aromatic N) is 2. The van der Waals surface area contributed by atoms with Crippen molar-refractivity contribution in [2.24, 2.45) is 5.73 Å². The molecule has 0 aliphatic carbocycles. The average Bonchev–Trinajstić information content (AvgIpc) is 2.01. The molecule has 0 radical (unpaired) electrons. The van der Waals surface area contributed by atoms with Gasteiger partial charge in [-0.05, 0) is 14.1 Å². The van der Waals surface area contributed by atoms with Crippen molar-refractivity contribution in [3.05, 3.63) is 12.2 Å². The van der Waals surface area contributed by atoms with E-state index >= 15 is 0 Å². The second kappa shape index (κ2) is 6.15. The van der Waals surface area contributed by atoms with Gasteiger partial charge in [-0.2, -0.15) is 0 Å². The predicted molar refractivity (Wildman–Crippen MR) is 54.5 cm³/mol. The van der Waals surface area contributed by atoms with Gasteiger partial charge in [-0.3, -0.25) is 9.59 Å². The number of rotatable bonds is 5. The minimum absolute atomic E-state index is 0.0505. The minimum atomic E-state index is -0.512. The highest BCUT2D eigenvalue weighted by Crippen LogP contribution is 1.87. The van der Waals surface area contributed by atoms with Crippen molar-refractivity contribution in [2.75, 3.05) is 34.2 Å².